The molecule has 4 aromatic rings. The van der Waals surface area contributed by atoms with E-state index >= 15 is 0 Å². The molecule has 2 aromatic carbocycles. The summed E-state index contributed by atoms with van der Waals surface area (Å²) >= 11 is 12.0. The van der Waals surface area contributed by atoms with Gasteiger partial charge >= 0.3 is 0 Å². The van der Waals surface area contributed by atoms with Crippen LogP contribution < -0.4 is 15.6 Å². The van der Waals surface area contributed by atoms with E-state index in [1.807, 2.05) is 0 Å². The van der Waals surface area contributed by atoms with Crippen molar-refractivity contribution in [2.24, 2.45) is 0 Å². The number of hydrogen-bond donors (Lipinski definition) is 1. The van der Waals surface area contributed by atoms with Crippen LogP contribution >= 0.6 is 23.2 Å². The first-order valence-electron chi connectivity index (χ1n) is 9.65. The van der Waals surface area contributed by atoms with Crippen LogP contribution in [0, 0.1) is 5.82 Å². The highest BCUT2D eigenvalue weighted by molar-refractivity contribution is 6.31. The minimum absolute atomic E-state index is 0.0411. The Balaban J connectivity index is 1.74. The second kappa shape index (κ2) is 9.62. The van der Waals surface area contributed by atoms with E-state index in [9.17, 15) is 18.4 Å². The van der Waals surface area contributed by atoms with Gasteiger partial charge in [0, 0.05) is 27.9 Å². The quantitative estimate of drug-likeness (QED) is 0.411. The maximum absolute atomic E-state index is 15.0. The number of halogens is 4. The highest BCUT2D eigenvalue weighted by Crippen LogP contribution is 2.35. The molecule has 2 heterocycles. The SMILES string of the molecule is COc1cn(C(F)C(=O)Nc2cccc(F)c2)c(=O)cc1-c1cc(Cl)ccc1-n1cc(Cl)nn1. The molecule has 0 saturated carbocycles. The van der Waals surface area contributed by atoms with Gasteiger partial charge in [-0.05, 0) is 36.4 Å². The molecule has 1 unspecified atom stereocenters. The van der Waals surface area contributed by atoms with Crippen molar-refractivity contribution in [1.82, 2.24) is 19.6 Å². The van der Waals surface area contributed by atoms with Crippen LogP contribution in [0.4, 0.5) is 14.5 Å². The number of alkyl halides is 1. The van der Waals surface area contributed by atoms with Crippen molar-refractivity contribution >= 4 is 34.8 Å². The third-order valence-corrected chi connectivity index (χ3v) is 5.19. The Kier molecular flexibility index (Phi) is 6.62. The van der Waals surface area contributed by atoms with Crippen molar-refractivity contribution in [3.8, 4) is 22.6 Å². The van der Waals surface area contributed by atoms with Gasteiger partial charge in [0.1, 0.15) is 11.6 Å². The zero-order valence-corrected chi connectivity index (χ0v) is 18.9. The number of nitrogens with zero attached hydrogens (tertiary/aromatic N) is 4. The molecule has 1 N–H and O–H groups in total. The summed E-state index contributed by atoms with van der Waals surface area (Å²) in [6.07, 6.45) is 0.106. The van der Waals surface area contributed by atoms with Crippen LogP contribution in [0.25, 0.3) is 16.8 Å². The molecule has 2 aromatic heterocycles. The summed E-state index contributed by atoms with van der Waals surface area (Å²) in [6, 6.07) is 10.9. The van der Waals surface area contributed by atoms with E-state index in [1.165, 1.54) is 36.2 Å². The van der Waals surface area contributed by atoms with Crippen molar-refractivity contribution in [3.05, 3.63) is 87.3 Å². The van der Waals surface area contributed by atoms with Gasteiger partial charge < -0.3 is 10.1 Å². The molecule has 0 aliphatic rings. The van der Waals surface area contributed by atoms with Gasteiger partial charge in [-0.15, -0.1) is 5.10 Å². The number of rotatable bonds is 6. The lowest BCUT2D eigenvalue weighted by atomic mass is 10.0. The number of benzene rings is 2. The fraction of sp³-hybridized carbons (Fsp3) is 0.0909. The number of anilines is 1. The second-order valence-electron chi connectivity index (χ2n) is 6.98. The number of amides is 1. The normalized spacial score (nSPS) is 11.8. The number of ether oxygens (including phenoxy) is 1. The molecule has 1 amide bonds. The average Bonchev–Trinajstić information content (AvgIpc) is 3.24. The Morgan fingerprint density at radius 1 is 1.12 bits per heavy atom. The molecule has 4 rings (SSSR count). The van der Waals surface area contributed by atoms with Gasteiger partial charge in [-0.3, -0.25) is 14.2 Å². The van der Waals surface area contributed by atoms with Crippen LogP contribution in [0.15, 0.2) is 65.7 Å². The summed E-state index contributed by atoms with van der Waals surface area (Å²) in [5.74, 6) is -1.69. The van der Waals surface area contributed by atoms with Crippen LogP contribution in [0.2, 0.25) is 10.2 Å². The van der Waals surface area contributed by atoms with Gasteiger partial charge in [0.2, 0.25) is 0 Å². The van der Waals surface area contributed by atoms with Gasteiger partial charge in [-0.25, -0.2) is 13.5 Å². The number of hydrogen-bond acceptors (Lipinski definition) is 5. The summed E-state index contributed by atoms with van der Waals surface area (Å²) in [6.45, 7) is 0. The van der Waals surface area contributed by atoms with Crippen LogP contribution in [0.5, 0.6) is 5.75 Å². The molecule has 0 radical (unpaired) electrons. The molecule has 174 valence electrons. The minimum Gasteiger partial charge on any atom is -0.495 e. The van der Waals surface area contributed by atoms with E-state index in [2.05, 4.69) is 15.6 Å². The number of carbonyl (C=O) groups is 1. The lowest BCUT2D eigenvalue weighted by Gasteiger charge is -2.17. The van der Waals surface area contributed by atoms with Crippen LogP contribution in [0.1, 0.15) is 6.30 Å². The Labute approximate surface area is 201 Å². The lowest BCUT2D eigenvalue weighted by Crippen LogP contribution is -2.30. The predicted octanol–water partition coefficient (Wildman–Crippen LogP) is 4.66. The number of nitrogens with one attached hydrogen (secondary N) is 1. The lowest BCUT2D eigenvalue weighted by molar-refractivity contribution is -0.123. The third kappa shape index (κ3) is 4.78. The summed E-state index contributed by atoms with van der Waals surface area (Å²) in [5.41, 5.74) is 0.375. The predicted molar refractivity (Wildman–Crippen MR) is 123 cm³/mol. The van der Waals surface area contributed by atoms with E-state index in [4.69, 9.17) is 27.9 Å². The van der Waals surface area contributed by atoms with Gasteiger partial charge in [0.15, 0.2) is 5.15 Å². The Bertz CT molecular complexity index is 1440. The van der Waals surface area contributed by atoms with E-state index in [0.29, 0.717) is 20.8 Å². The molecule has 12 heteroatoms. The largest absolute Gasteiger partial charge is 0.495 e. The van der Waals surface area contributed by atoms with Crippen molar-refractivity contribution in [2.45, 2.75) is 6.30 Å². The van der Waals surface area contributed by atoms with Crippen LogP contribution in [-0.4, -0.2) is 32.6 Å². The first kappa shape index (κ1) is 23.4. The summed E-state index contributed by atoms with van der Waals surface area (Å²) in [5, 5.41) is 10.4. The third-order valence-electron chi connectivity index (χ3n) is 4.78. The molecular formula is C22H15Cl2F2N5O3. The summed E-state index contributed by atoms with van der Waals surface area (Å²) in [7, 11) is 1.32. The number of pyridine rings is 1. The van der Waals surface area contributed by atoms with Gasteiger partial charge in [-0.2, -0.15) is 0 Å². The highest BCUT2D eigenvalue weighted by Gasteiger charge is 2.24. The number of carbonyl (C=O) groups excluding carboxylic acids is 1. The zero-order chi connectivity index (χ0) is 24.4. The molecule has 0 fully saturated rings. The first-order chi connectivity index (χ1) is 16.3. The smallest absolute Gasteiger partial charge is 0.280 e. The number of aromatic nitrogens is 4. The molecule has 1 atom stereocenters. The number of methoxy groups -OCH3 is 1. The highest BCUT2D eigenvalue weighted by atomic mass is 35.5. The second-order valence-corrected chi connectivity index (χ2v) is 7.81. The van der Waals surface area contributed by atoms with Crippen LogP contribution in [0.3, 0.4) is 0 Å². The van der Waals surface area contributed by atoms with E-state index < -0.39 is 23.6 Å². The maximum atomic E-state index is 15.0. The van der Waals surface area contributed by atoms with Crippen molar-refractivity contribution in [3.63, 3.8) is 0 Å². The van der Waals surface area contributed by atoms with Gasteiger partial charge in [0.25, 0.3) is 17.8 Å². The topological polar surface area (TPSA) is 91.0 Å². The van der Waals surface area contributed by atoms with Crippen molar-refractivity contribution < 1.29 is 18.3 Å². The standard InChI is InChI=1S/C22H15Cl2F2N5O3/c1-34-18-10-30(21(26)22(33)27-14-4-2-3-13(25)8-14)20(32)9-16(18)15-7-12(23)5-6-17(15)31-11-19(24)28-29-31/h2-11,21H,1H3,(H,27,33). The molecule has 8 nitrogen and oxygen atoms in total. The molecule has 0 aliphatic carbocycles. The van der Waals surface area contributed by atoms with Crippen molar-refractivity contribution in [2.75, 3.05) is 12.4 Å². The summed E-state index contributed by atoms with van der Waals surface area (Å²) in [4.78, 5) is 25.2. The molecule has 0 aliphatic heterocycles. The van der Waals surface area contributed by atoms with E-state index in [1.54, 1.807) is 18.2 Å². The van der Waals surface area contributed by atoms with Gasteiger partial charge in [-0.1, -0.05) is 34.5 Å². The molecule has 0 saturated heterocycles. The average molecular weight is 506 g/mol. The van der Waals surface area contributed by atoms with Gasteiger partial charge in [0.05, 0.1) is 25.2 Å². The fourth-order valence-corrected chi connectivity index (χ4v) is 3.56. The van der Waals surface area contributed by atoms with Crippen molar-refractivity contribution in [1.29, 1.82) is 0 Å². The molecule has 34 heavy (non-hydrogen) atoms. The zero-order valence-electron chi connectivity index (χ0n) is 17.4. The maximum Gasteiger partial charge on any atom is 0.280 e. The minimum atomic E-state index is -2.41. The Morgan fingerprint density at radius 3 is 2.59 bits per heavy atom. The van der Waals surface area contributed by atoms with E-state index in [-0.39, 0.29) is 22.2 Å². The Morgan fingerprint density at radius 2 is 1.91 bits per heavy atom. The summed E-state index contributed by atoms with van der Waals surface area (Å²) < 4.78 is 35.6. The first-order valence-corrected chi connectivity index (χ1v) is 10.4. The molecule has 0 spiro atoms. The molecular weight excluding hydrogens is 491 g/mol. The van der Waals surface area contributed by atoms with E-state index in [0.717, 1.165) is 18.3 Å². The fourth-order valence-electron chi connectivity index (χ4n) is 3.26. The Hall–Kier alpha value is -3.76. The van der Waals surface area contributed by atoms with Crippen LogP contribution in [-0.2, 0) is 4.79 Å². The monoisotopic (exact) mass is 505 g/mol. The molecule has 0 bridgehead atoms.